The summed E-state index contributed by atoms with van der Waals surface area (Å²) in [6.07, 6.45) is 2.09. The maximum absolute atomic E-state index is 5.61. The van der Waals surface area contributed by atoms with E-state index in [0.717, 1.165) is 19.4 Å². The van der Waals surface area contributed by atoms with Crippen LogP contribution in [0.15, 0.2) is 24.3 Å². The number of nitrogens with one attached hydrogen (secondary N) is 1. The first-order valence-corrected chi connectivity index (χ1v) is 5.87. The van der Waals surface area contributed by atoms with E-state index in [1.165, 1.54) is 11.1 Å². The molecule has 1 unspecified atom stereocenters. The van der Waals surface area contributed by atoms with Gasteiger partial charge in [-0.1, -0.05) is 31.2 Å². The number of hydrogen-bond acceptors (Lipinski definition) is 3. The molecule has 3 heteroatoms. The fourth-order valence-electron chi connectivity index (χ4n) is 1.76. The van der Waals surface area contributed by atoms with Crippen molar-refractivity contribution in [1.29, 1.82) is 0 Å². The predicted octanol–water partition coefficient (Wildman–Crippen LogP) is 1.71. The van der Waals surface area contributed by atoms with Crippen molar-refractivity contribution < 1.29 is 0 Å². The minimum Gasteiger partial charge on any atom is -0.309 e. The summed E-state index contributed by atoms with van der Waals surface area (Å²) >= 11 is 0. The predicted molar refractivity (Wildman–Crippen MR) is 69.1 cm³/mol. The molecule has 1 atom stereocenters. The van der Waals surface area contributed by atoms with Crippen LogP contribution in [0.1, 0.15) is 30.5 Å². The van der Waals surface area contributed by atoms with Crippen LogP contribution in [0.3, 0.4) is 0 Å². The van der Waals surface area contributed by atoms with Gasteiger partial charge < -0.3 is 4.90 Å². The van der Waals surface area contributed by atoms with E-state index in [2.05, 4.69) is 55.6 Å². The number of nitrogens with zero attached hydrogens (tertiary/aromatic N) is 1. The van der Waals surface area contributed by atoms with Crippen LogP contribution in [-0.2, 0) is 6.42 Å². The molecule has 0 aromatic heterocycles. The SMILES string of the molecule is CCc1cccc(C(CCN(C)C)NN)c1. The summed E-state index contributed by atoms with van der Waals surface area (Å²) in [5, 5.41) is 0. The molecule has 0 saturated carbocycles. The number of aryl methyl sites for hydroxylation is 1. The first kappa shape index (κ1) is 13.2. The molecule has 0 spiro atoms. The number of benzene rings is 1. The summed E-state index contributed by atoms with van der Waals surface area (Å²) in [5.74, 6) is 5.61. The highest BCUT2D eigenvalue weighted by atomic mass is 15.2. The molecule has 0 fully saturated rings. The van der Waals surface area contributed by atoms with Gasteiger partial charge in [0.2, 0.25) is 0 Å². The Labute approximate surface area is 98.6 Å². The zero-order valence-electron chi connectivity index (χ0n) is 10.5. The van der Waals surface area contributed by atoms with Gasteiger partial charge in [-0.05, 0) is 44.6 Å². The summed E-state index contributed by atoms with van der Waals surface area (Å²) in [6.45, 7) is 3.20. The van der Waals surface area contributed by atoms with Crippen LogP contribution in [0.2, 0.25) is 0 Å². The lowest BCUT2D eigenvalue weighted by atomic mass is 10.0. The number of hydrazine groups is 1. The summed E-state index contributed by atoms with van der Waals surface area (Å²) < 4.78 is 0. The van der Waals surface area contributed by atoms with Crippen molar-refractivity contribution in [3.05, 3.63) is 35.4 Å². The summed E-state index contributed by atoms with van der Waals surface area (Å²) in [5.41, 5.74) is 5.54. The lowest BCUT2D eigenvalue weighted by Gasteiger charge is -2.19. The smallest absolute Gasteiger partial charge is 0.0472 e. The third-order valence-electron chi connectivity index (χ3n) is 2.83. The molecule has 0 aliphatic heterocycles. The Morgan fingerprint density at radius 1 is 1.38 bits per heavy atom. The standard InChI is InChI=1S/C13H23N3/c1-4-11-6-5-7-12(10-11)13(15-14)8-9-16(2)3/h5-7,10,13,15H,4,8-9,14H2,1-3H3. The van der Waals surface area contributed by atoms with Gasteiger partial charge in [-0.3, -0.25) is 11.3 Å². The van der Waals surface area contributed by atoms with Crippen LogP contribution in [0, 0.1) is 0 Å². The minimum atomic E-state index is 0.244. The van der Waals surface area contributed by atoms with Gasteiger partial charge >= 0.3 is 0 Å². The van der Waals surface area contributed by atoms with Crippen molar-refractivity contribution in [2.45, 2.75) is 25.8 Å². The van der Waals surface area contributed by atoms with Crippen LogP contribution in [-0.4, -0.2) is 25.5 Å². The largest absolute Gasteiger partial charge is 0.309 e. The van der Waals surface area contributed by atoms with Crippen LogP contribution in [0.4, 0.5) is 0 Å². The van der Waals surface area contributed by atoms with Gasteiger partial charge in [0.25, 0.3) is 0 Å². The Balaban J connectivity index is 2.70. The lowest BCUT2D eigenvalue weighted by molar-refractivity contribution is 0.363. The molecule has 0 bridgehead atoms. The number of rotatable bonds is 6. The second kappa shape index (κ2) is 6.63. The van der Waals surface area contributed by atoms with Gasteiger partial charge in [-0.15, -0.1) is 0 Å². The molecule has 90 valence electrons. The molecule has 0 saturated heterocycles. The van der Waals surface area contributed by atoms with Crippen molar-refractivity contribution in [2.75, 3.05) is 20.6 Å². The zero-order chi connectivity index (χ0) is 12.0. The highest BCUT2D eigenvalue weighted by Crippen LogP contribution is 2.17. The van der Waals surface area contributed by atoms with E-state index in [9.17, 15) is 0 Å². The topological polar surface area (TPSA) is 41.3 Å². The van der Waals surface area contributed by atoms with Crippen LogP contribution in [0.25, 0.3) is 0 Å². The maximum atomic E-state index is 5.61. The fraction of sp³-hybridized carbons (Fsp3) is 0.538. The van der Waals surface area contributed by atoms with E-state index >= 15 is 0 Å². The Bertz CT molecular complexity index is 310. The molecule has 1 aromatic carbocycles. The first-order valence-electron chi connectivity index (χ1n) is 5.87. The highest BCUT2D eigenvalue weighted by molar-refractivity contribution is 5.26. The maximum Gasteiger partial charge on any atom is 0.0472 e. The van der Waals surface area contributed by atoms with Crippen molar-refractivity contribution >= 4 is 0 Å². The van der Waals surface area contributed by atoms with Crippen molar-refractivity contribution in [3.8, 4) is 0 Å². The van der Waals surface area contributed by atoms with Gasteiger partial charge in [0.15, 0.2) is 0 Å². The van der Waals surface area contributed by atoms with E-state index in [1.807, 2.05) is 0 Å². The molecule has 16 heavy (non-hydrogen) atoms. The van der Waals surface area contributed by atoms with Crippen molar-refractivity contribution in [2.24, 2.45) is 5.84 Å². The normalized spacial score (nSPS) is 13.1. The zero-order valence-corrected chi connectivity index (χ0v) is 10.5. The number of nitrogens with two attached hydrogens (primary N) is 1. The molecule has 0 aliphatic rings. The molecule has 1 rings (SSSR count). The monoisotopic (exact) mass is 221 g/mol. The van der Waals surface area contributed by atoms with Crippen molar-refractivity contribution in [3.63, 3.8) is 0 Å². The molecule has 0 radical (unpaired) electrons. The quantitative estimate of drug-likeness (QED) is 0.567. The average Bonchev–Trinajstić information content (AvgIpc) is 2.30. The Morgan fingerprint density at radius 3 is 2.69 bits per heavy atom. The van der Waals surface area contributed by atoms with Gasteiger partial charge in [0, 0.05) is 6.04 Å². The molecule has 3 nitrogen and oxygen atoms in total. The molecule has 3 N–H and O–H groups in total. The Morgan fingerprint density at radius 2 is 2.12 bits per heavy atom. The van der Waals surface area contributed by atoms with E-state index in [-0.39, 0.29) is 6.04 Å². The van der Waals surface area contributed by atoms with E-state index in [0.29, 0.717) is 0 Å². The highest BCUT2D eigenvalue weighted by Gasteiger charge is 2.09. The molecule has 0 amide bonds. The van der Waals surface area contributed by atoms with E-state index < -0.39 is 0 Å². The molecule has 0 aliphatic carbocycles. The first-order chi connectivity index (χ1) is 7.67. The van der Waals surface area contributed by atoms with Gasteiger partial charge in [0.05, 0.1) is 0 Å². The molecular formula is C13H23N3. The fourth-order valence-corrected chi connectivity index (χ4v) is 1.76. The Kier molecular flexibility index (Phi) is 5.46. The molecule has 0 heterocycles. The number of hydrogen-bond donors (Lipinski definition) is 2. The van der Waals surface area contributed by atoms with Gasteiger partial charge in [0.1, 0.15) is 0 Å². The average molecular weight is 221 g/mol. The second-order valence-corrected chi connectivity index (χ2v) is 4.41. The summed E-state index contributed by atoms with van der Waals surface area (Å²) in [4.78, 5) is 2.17. The third-order valence-corrected chi connectivity index (χ3v) is 2.83. The van der Waals surface area contributed by atoms with Crippen LogP contribution >= 0.6 is 0 Å². The Hall–Kier alpha value is -0.900. The van der Waals surface area contributed by atoms with E-state index in [4.69, 9.17) is 5.84 Å². The molecule has 1 aromatic rings. The van der Waals surface area contributed by atoms with Gasteiger partial charge in [-0.2, -0.15) is 0 Å². The lowest BCUT2D eigenvalue weighted by Crippen LogP contribution is -2.30. The summed E-state index contributed by atoms with van der Waals surface area (Å²) in [7, 11) is 4.16. The summed E-state index contributed by atoms with van der Waals surface area (Å²) in [6, 6.07) is 8.88. The van der Waals surface area contributed by atoms with Crippen LogP contribution in [0.5, 0.6) is 0 Å². The van der Waals surface area contributed by atoms with Crippen LogP contribution < -0.4 is 11.3 Å². The third kappa shape index (κ3) is 3.93. The minimum absolute atomic E-state index is 0.244. The second-order valence-electron chi connectivity index (χ2n) is 4.41. The van der Waals surface area contributed by atoms with Crippen molar-refractivity contribution in [1.82, 2.24) is 10.3 Å². The van der Waals surface area contributed by atoms with Gasteiger partial charge in [-0.25, -0.2) is 0 Å². The van der Waals surface area contributed by atoms with E-state index in [1.54, 1.807) is 0 Å². The molecular weight excluding hydrogens is 198 g/mol.